The van der Waals surface area contributed by atoms with Crippen LogP contribution in [0.25, 0.3) is 0 Å². The lowest BCUT2D eigenvalue weighted by Gasteiger charge is -2.12. The highest BCUT2D eigenvalue weighted by atomic mass is 19.2. The maximum atomic E-state index is 13.8. The number of hydrogen-bond acceptors (Lipinski definition) is 4. The summed E-state index contributed by atoms with van der Waals surface area (Å²) in [5.74, 6) is -5.46. The van der Waals surface area contributed by atoms with Gasteiger partial charge in [0.2, 0.25) is 0 Å². The van der Waals surface area contributed by atoms with Crippen LogP contribution in [-0.4, -0.2) is 10.8 Å². The molecule has 3 rings (SSSR count). The molecule has 0 spiro atoms. The molecule has 0 aliphatic rings. The average Bonchev–Trinajstić information content (AvgIpc) is 2.69. The van der Waals surface area contributed by atoms with Gasteiger partial charge in [0.05, 0.1) is 16.2 Å². The molecule has 0 fully saturated rings. The number of para-hydroxylation sites is 1. The fourth-order valence-corrected chi connectivity index (χ4v) is 2.33. The molecule has 0 heterocycles. The van der Waals surface area contributed by atoms with Crippen molar-refractivity contribution in [3.63, 3.8) is 0 Å². The molecule has 0 aromatic heterocycles. The summed E-state index contributed by atoms with van der Waals surface area (Å²) in [6.07, 6.45) is 0. The van der Waals surface area contributed by atoms with Crippen molar-refractivity contribution in [2.24, 2.45) is 0 Å². The molecule has 28 heavy (non-hydrogen) atoms. The van der Waals surface area contributed by atoms with Crippen molar-refractivity contribution in [3.05, 3.63) is 93.8 Å². The molecule has 3 aromatic carbocycles. The minimum absolute atomic E-state index is 0.0442. The van der Waals surface area contributed by atoms with Crippen molar-refractivity contribution >= 4 is 17.3 Å². The van der Waals surface area contributed by atoms with E-state index in [2.05, 4.69) is 5.32 Å². The van der Waals surface area contributed by atoms with Gasteiger partial charge in [-0.05, 0) is 30.3 Å². The highest BCUT2D eigenvalue weighted by Crippen LogP contribution is 2.30. The predicted molar refractivity (Wildman–Crippen MR) is 93.9 cm³/mol. The number of amides is 1. The molecule has 0 aliphatic heterocycles. The summed E-state index contributed by atoms with van der Waals surface area (Å²) in [7, 11) is 0. The lowest BCUT2D eigenvalue weighted by molar-refractivity contribution is -0.384. The topological polar surface area (TPSA) is 81.5 Å². The quantitative estimate of drug-likeness (QED) is 0.376. The third-order valence-corrected chi connectivity index (χ3v) is 3.67. The van der Waals surface area contributed by atoms with Gasteiger partial charge in [-0.3, -0.25) is 14.9 Å². The van der Waals surface area contributed by atoms with E-state index in [0.717, 1.165) is 18.2 Å². The van der Waals surface area contributed by atoms with Crippen molar-refractivity contribution in [1.29, 1.82) is 0 Å². The van der Waals surface area contributed by atoms with E-state index in [1.807, 2.05) is 0 Å². The van der Waals surface area contributed by atoms with E-state index < -0.39 is 39.7 Å². The van der Waals surface area contributed by atoms with Crippen molar-refractivity contribution in [2.45, 2.75) is 0 Å². The Balaban J connectivity index is 1.98. The van der Waals surface area contributed by atoms with Crippen LogP contribution in [0, 0.1) is 27.6 Å². The second kappa shape index (κ2) is 7.78. The number of non-ortho nitro benzene ring substituents is 1. The minimum atomic E-state index is -1.75. The maximum Gasteiger partial charge on any atom is 0.270 e. The van der Waals surface area contributed by atoms with Crippen molar-refractivity contribution in [2.75, 3.05) is 5.32 Å². The van der Waals surface area contributed by atoms with Gasteiger partial charge in [-0.25, -0.2) is 13.2 Å². The number of anilines is 1. The van der Waals surface area contributed by atoms with Crippen LogP contribution in [-0.2, 0) is 0 Å². The number of carbonyl (C=O) groups is 1. The second-order valence-corrected chi connectivity index (χ2v) is 5.53. The normalized spacial score (nSPS) is 10.4. The molecule has 1 N–H and O–H groups in total. The van der Waals surface area contributed by atoms with Gasteiger partial charge in [0.15, 0.2) is 17.5 Å². The van der Waals surface area contributed by atoms with Crippen LogP contribution < -0.4 is 10.1 Å². The van der Waals surface area contributed by atoms with Gasteiger partial charge in [0.25, 0.3) is 11.6 Å². The Kier molecular flexibility index (Phi) is 5.25. The lowest BCUT2D eigenvalue weighted by Crippen LogP contribution is -2.15. The summed E-state index contributed by atoms with van der Waals surface area (Å²) in [6.45, 7) is 0. The average molecular weight is 388 g/mol. The number of nitro benzene ring substituents is 1. The fourth-order valence-electron chi connectivity index (χ4n) is 2.33. The first-order chi connectivity index (χ1) is 13.4. The summed E-state index contributed by atoms with van der Waals surface area (Å²) in [6, 6.07) is 13.0. The van der Waals surface area contributed by atoms with E-state index in [1.165, 1.54) is 6.07 Å². The number of benzene rings is 3. The molecule has 0 bridgehead atoms. The van der Waals surface area contributed by atoms with Crippen molar-refractivity contribution < 1.29 is 27.6 Å². The molecule has 6 nitrogen and oxygen atoms in total. The zero-order valence-corrected chi connectivity index (χ0v) is 14.0. The molecule has 9 heteroatoms. The van der Waals surface area contributed by atoms with Crippen molar-refractivity contribution in [1.82, 2.24) is 0 Å². The number of hydrogen-bond donors (Lipinski definition) is 1. The third kappa shape index (κ3) is 3.93. The molecule has 0 unspecified atom stereocenters. The molecule has 142 valence electrons. The first kappa shape index (κ1) is 18.9. The fraction of sp³-hybridized carbons (Fsp3) is 0. The summed E-state index contributed by atoms with van der Waals surface area (Å²) in [5, 5.41) is 13.1. The minimum Gasteiger partial charge on any atom is -0.457 e. The van der Waals surface area contributed by atoms with E-state index in [0.29, 0.717) is 11.8 Å². The van der Waals surface area contributed by atoms with Gasteiger partial charge < -0.3 is 10.1 Å². The Morgan fingerprint density at radius 3 is 2.36 bits per heavy atom. The lowest BCUT2D eigenvalue weighted by atomic mass is 10.1. The number of nitro groups is 1. The number of nitrogens with zero attached hydrogens (tertiary/aromatic N) is 1. The molecule has 0 aliphatic carbocycles. The van der Waals surface area contributed by atoms with Gasteiger partial charge in [-0.2, -0.15) is 0 Å². The van der Waals surface area contributed by atoms with Crippen LogP contribution >= 0.6 is 0 Å². The van der Waals surface area contributed by atoms with E-state index >= 15 is 0 Å². The first-order valence-corrected chi connectivity index (χ1v) is 7.83. The Labute approximate surface area is 156 Å². The first-order valence-electron chi connectivity index (χ1n) is 7.83. The molecule has 1 amide bonds. The number of ether oxygens (including phenoxy) is 1. The van der Waals surface area contributed by atoms with Crippen LogP contribution in [0.4, 0.5) is 24.5 Å². The molecular formula is C19H11F3N2O4. The van der Waals surface area contributed by atoms with Crippen LogP contribution in [0.15, 0.2) is 60.7 Å². The summed E-state index contributed by atoms with van der Waals surface area (Å²) >= 11 is 0. The Morgan fingerprint density at radius 1 is 0.964 bits per heavy atom. The maximum absolute atomic E-state index is 13.8. The molecule has 3 aromatic rings. The van der Waals surface area contributed by atoms with Crippen molar-refractivity contribution in [3.8, 4) is 11.5 Å². The van der Waals surface area contributed by atoms with Crippen LogP contribution in [0.3, 0.4) is 0 Å². The predicted octanol–water partition coefficient (Wildman–Crippen LogP) is 5.06. The Hall–Kier alpha value is -3.88. The van der Waals surface area contributed by atoms with E-state index in [-0.39, 0.29) is 11.3 Å². The van der Waals surface area contributed by atoms with Gasteiger partial charge in [-0.15, -0.1) is 0 Å². The molecular weight excluding hydrogens is 377 g/mol. The summed E-state index contributed by atoms with van der Waals surface area (Å²) in [5.41, 5.74) is -1.32. The standard InChI is InChI=1S/C19H11F3N2O4/c20-14-7-8-15(18(22)17(14)21)23-19(25)13-10-11(24(26)27)6-9-16(13)28-12-4-2-1-3-5-12/h1-10H,(H,23,25). The highest BCUT2D eigenvalue weighted by Gasteiger charge is 2.21. The van der Waals surface area contributed by atoms with E-state index in [9.17, 15) is 28.1 Å². The van der Waals surface area contributed by atoms with Gasteiger partial charge in [0, 0.05) is 12.1 Å². The number of carbonyl (C=O) groups excluding carboxylic acids is 1. The van der Waals surface area contributed by atoms with Gasteiger partial charge in [0.1, 0.15) is 11.5 Å². The van der Waals surface area contributed by atoms with Gasteiger partial charge >= 0.3 is 0 Å². The highest BCUT2D eigenvalue weighted by molar-refractivity contribution is 6.06. The largest absolute Gasteiger partial charge is 0.457 e. The number of nitrogens with one attached hydrogen (secondary N) is 1. The van der Waals surface area contributed by atoms with Crippen LogP contribution in [0.2, 0.25) is 0 Å². The zero-order valence-electron chi connectivity index (χ0n) is 14.0. The smallest absolute Gasteiger partial charge is 0.270 e. The van der Waals surface area contributed by atoms with E-state index in [1.54, 1.807) is 30.3 Å². The third-order valence-electron chi connectivity index (χ3n) is 3.67. The molecule has 0 saturated heterocycles. The molecule has 0 saturated carbocycles. The van der Waals surface area contributed by atoms with Gasteiger partial charge in [-0.1, -0.05) is 18.2 Å². The van der Waals surface area contributed by atoms with E-state index in [4.69, 9.17) is 4.74 Å². The molecule has 0 radical (unpaired) electrons. The zero-order chi connectivity index (χ0) is 20.3. The summed E-state index contributed by atoms with van der Waals surface area (Å²) < 4.78 is 45.8. The number of rotatable bonds is 5. The Morgan fingerprint density at radius 2 is 1.68 bits per heavy atom. The monoisotopic (exact) mass is 388 g/mol. The van der Waals surface area contributed by atoms with Crippen LogP contribution in [0.1, 0.15) is 10.4 Å². The second-order valence-electron chi connectivity index (χ2n) is 5.53. The van der Waals surface area contributed by atoms with Crippen LogP contribution in [0.5, 0.6) is 11.5 Å². The summed E-state index contributed by atoms with van der Waals surface area (Å²) in [4.78, 5) is 22.9. The SMILES string of the molecule is O=C(Nc1ccc(F)c(F)c1F)c1cc([N+](=O)[O-])ccc1Oc1ccccc1. The molecule has 0 atom stereocenters. The number of halogens is 3. The Bertz CT molecular complexity index is 1060.